The molecule has 7 nitrogen and oxygen atoms in total. The molecule has 1 saturated heterocycles. The number of hydrogen-bond donors (Lipinski definition) is 2. The summed E-state index contributed by atoms with van der Waals surface area (Å²) in [5.74, 6) is 0. The van der Waals surface area contributed by atoms with Crippen molar-refractivity contribution in [1.82, 2.24) is 14.5 Å². The molecule has 1 aromatic rings. The van der Waals surface area contributed by atoms with E-state index in [-0.39, 0.29) is 18.7 Å². The molecule has 0 saturated carbocycles. The third kappa shape index (κ3) is 2.08. The number of nitrogens with zero attached hydrogens (tertiary/aromatic N) is 2. The molecule has 2 N–H and O–H groups in total. The number of aliphatic hydroxyl groups excluding tert-OH is 1. The molecule has 1 aliphatic heterocycles. The molecule has 0 aromatic carbocycles. The highest BCUT2D eigenvalue weighted by molar-refractivity contribution is 5.48. The fraction of sp³-hybridized carbons (Fsp3) is 0.545. The molecule has 0 radical (unpaired) electrons. The Morgan fingerprint density at radius 2 is 2.28 bits per heavy atom. The number of aromatic amines is 1. The molecular weight excluding hydrogens is 238 g/mol. The summed E-state index contributed by atoms with van der Waals surface area (Å²) in [6.45, 7) is 1.84. The van der Waals surface area contributed by atoms with Crippen LogP contribution in [0.3, 0.4) is 0 Å². The van der Waals surface area contributed by atoms with Gasteiger partial charge in [0.25, 0.3) is 5.56 Å². The molecule has 2 rings (SSSR count). The van der Waals surface area contributed by atoms with Crippen LogP contribution >= 0.6 is 0 Å². The Kier molecular flexibility index (Phi) is 3.33. The van der Waals surface area contributed by atoms with E-state index in [2.05, 4.69) is 4.98 Å². The summed E-state index contributed by atoms with van der Waals surface area (Å²) in [7, 11) is 0. The number of aryl methyl sites for hydroxylation is 1. The van der Waals surface area contributed by atoms with E-state index < -0.39 is 11.2 Å². The average molecular weight is 253 g/mol. The van der Waals surface area contributed by atoms with Crippen molar-refractivity contribution in [3.8, 4) is 0 Å². The molecule has 18 heavy (non-hydrogen) atoms. The van der Waals surface area contributed by atoms with E-state index in [0.717, 1.165) is 0 Å². The van der Waals surface area contributed by atoms with Crippen molar-refractivity contribution >= 4 is 6.41 Å². The number of amides is 1. The van der Waals surface area contributed by atoms with E-state index >= 15 is 0 Å². The first-order valence-corrected chi connectivity index (χ1v) is 5.70. The Morgan fingerprint density at radius 1 is 1.56 bits per heavy atom. The van der Waals surface area contributed by atoms with E-state index in [9.17, 15) is 14.4 Å². The van der Waals surface area contributed by atoms with Gasteiger partial charge in [-0.3, -0.25) is 19.1 Å². The van der Waals surface area contributed by atoms with E-state index in [1.807, 2.05) is 0 Å². The Labute approximate surface area is 103 Å². The van der Waals surface area contributed by atoms with Gasteiger partial charge in [0.1, 0.15) is 0 Å². The first-order valence-electron chi connectivity index (χ1n) is 5.70. The summed E-state index contributed by atoms with van der Waals surface area (Å²) >= 11 is 0. The first kappa shape index (κ1) is 12.6. The minimum absolute atomic E-state index is 0.133. The van der Waals surface area contributed by atoms with Gasteiger partial charge in [-0.15, -0.1) is 0 Å². The molecule has 2 heterocycles. The van der Waals surface area contributed by atoms with Gasteiger partial charge in [0.05, 0.1) is 18.7 Å². The number of nitrogens with one attached hydrogen (secondary N) is 1. The summed E-state index contributed by atoms with van der Waals surface area (Å²) < 4.78 is 1.42. The zero-order valence-corrected chi connectivity index (χ0v) is 10.00. The summed E-state index contributed by atoms with van der Waals surface area (Å²) in [6.07, 6.45) is 2.67. The second kappa shape index (κ2) is 4.77. The highest BCUT2D eigenvalue weighted by Gasteiger charge is 2.32. The average Bonchev–Trinajstić information content (AvgIpc) is 2.76. The summed E-state index contributed by atoms with van der Waals surface area (Å²) in [6, 6.07) is -0.484. The summed E-state index contributed by atoms with van der Waals surface area (Å²) in [5, 5.41) is 9.15. The Balaban J connectivity index is 2.34. The van der Waals surface area contributed by atoms with Crippen molar-refractivity contribution in [1.29, 1.82) is 0 Å². The first-order chi connectivity index (χ1) is 8.56. The number of aliphatic hydroxyl groups is 1. The van der Waals surface area contributed by atoms with Gasteiger partial charge < -0.3 is 10.0 Å². The molecule has 1 aromatic heterocycles. The fourth-order valence-corrected chi connectivity index (χ4v) is 2.28. The maximum absolute atomic E-state index is 11.7. The van der Waals surface area contributed by atoms with Gasteiger partial charge in [0.2, 0.25) is 6.41 Å². The van der Waals surface area contributed by atoms with E-state index in [1.54, 1.807) is 6.92 Å². The number of carbonyl (C=O) groups is 1. The number of rotatable bonds is 3. The van der Waals surface area contributed by atoms with Crippen molar-refractivity contribution in [3.05, 3.63) is 32.6 Å². The quantitative estimate of drug-likeness (QED) is 0.648. The zero-order chi connectivity index (χ0) is 13.3. The molecule has 98 valence electrons. The largest absolute Gasteiger partial charge is 0.394 e. The summed E-state index contributed by atoms with van der Waals surface area (Å²) in [4.78, 5) is 37.5. The van der Waals surface area contributed by atoms with Crippen molar-refractivity contribution in [2.45, 2.75) is 25.4 Å². The van der Waals surface area contributed by atoms with Crippen molar-refractivity contribution in [2.75, 3.05) is 13.2 Å². The van der Waals surface area contributed by atoms with Crippen LogP contribution in [-0.2, 0) is 4.79 Å². The van der Waals surface area contributed by atoms with Crippen LogP contribution in [0.4, 0.5) is 0 Å². The molecule has 0 bridgehead atoms. The highest BCUT2D eigenvalue weighted by atomic mass is 16.3. The number of hydrogen-bond acceptors (Lipinski definition) is 4. The van der Waals surface area contributed by atoms with Crippen LogP contribution in [0.5, 0.6) is 0 Å². The SMILES string of the molecule is Cc1cn(C2C[C@@H](CO)N(C=O)C2)c(=O)[nH]c1=O. The Morgan fingerprint density at radius 3 is 2.83 bits per heavy atom. The predicted molar refractivity (Wildman–Crippen MR) is 63.4 cm³/mol. The Hall–Kier alpha value is -1.89. The van der Waals surface area contributed by atoms with E-state index in [0.29, 0.717) is 24.9 Å². The van der Waals surface area contributed by atoms with E-state index in [4.69, 9.17) is 5.11 Å². The normalized spacial score (nSPS) is 23.3. The minimum Gasteiger partial charge on any atom is -0.394 e. The lowest BCUT2D eigenvalue weighted by atomic mass is 10.2. The van der Waals surface area contributed by atoms with Crippen LogP contribution in [0.15, 0.2) is 15.8 Å². The molecule has 2 atom stereocenters. The maximum atomic E-state index is 11.7. The predicted octanol–water partition coefficient (Wildman–Crippen LogP) is -1.39. The number of carbonyl (C=O) groups excluding carboxylic acids is 1. The lowest BCUT2D eigenvalue weighted by Crippen LogP contribution is -2.34. The van der Waals surface area contributed by atoms with Crippen molar-refractivity contribution < 1.29 is 9.90 Å². The van der Waals surface area contributed by atoms with Crippen molar-refractivity contribution in [3.63, 3.8) is 0 Å². The van der Waals surface area contributed by atoms with Crippen LogP contribution < -0.4 is 11.2 Å². The monoisotopic (exact) mass is 253 g/mol. The topological polar surface area (TPSA) is 95.4 Å². The van der Waals surface area contributed by atoms with Gasteiger partial charge in [-0.25, -0.2) is 4.79 Å². The molecule has 0 spiro atoms. The number of H-pyrrole nitrogens is 1. The Bertz CT molecular complexity index is 562. The zero-order valence-electron chi connectivity index (χ0n) is 10.00. The van der Waals surface area contributed by atoms with Crippen molar-refractivity contribution in [2.24, 2.45) is 0 Å². The standard InChI is InChI=1S/C11H15N3O4/c1-7-3-14(11(18)12-10(7)17)8-2-9(5-15)13(4-8)6-16/h3,6,8-9,15H,2,4-5H2,1H3,(H,12,17,18)/t8?,9-/m0/s1. The third-order valence-electron chi connectivity index (χ3n) is 3.32. The van der Waals surface area contributed by atoms with Gasteiger partial charge in [-0.2, -0.15) is 0 Å². The molecule has 0 aliphatic carbocycles. The molecule has 1 amide bonds. The molecule has 7 heteroatoms. The van der Waals surface area contributed by atoms with Crippen LogP contribution in [-0.4, -0.2) is 45.2 Å². The van der Waals surface area contributed by atoms with Crippen LogP contribution in [0, 0.1) is 6.92 Å². The molecule has 1 aliphatic rings. The maximum Gasteiger partial charge on any atom is 0.328 e. The minimum atomic E-state index is -0.486. The van der Waals surface area contributed by atoms with Crippen LogP contribution in [0.25, 0.3) is 0 Å². The smallest absolute Gasteiger partial charge is 0.328 e. The van der Waals surface area contributed by atoms with Gasteiger partial charge in [-0.05, 0) is 13.3 Å². The lowest BCUT2D eigenvalue weighted by Gasteiger charge is -2.16. The fourth-order valence-electron chi connectivity index (χ4n) is 2.28. The molecular formula is C11H15N3O4. The van der Waals surface area contributed by atoms with Crippen LogP contribution in [0.1, 0.15) is 18.0 Å². The van der Waals surface area contributed by atoms with Gasteiger partial charge in [0, 0.05) is 18.3 Å². The summed E-state index contributed by atoms with van der Waals surface area (Å²) in [5.41, 5.74) is -0.445. The number of likely N-dealkylation sites (tertiary alicyclic amines) is 1. The van der Waals surface area contributed by atoms with Gasteiger partial charge in [-0.1, -0.05) is 0 Å². The molecule has 1 fully saturated rings. The van der Waals surface area contributed by atoms with Gasteiger partial charge in [0.15, 0.2) is 0 Å². The van der Waals surface area contributed by atoms with Crippen LogP contribution in [0.2, 0.25) is 0 Å². The molecule has 1 unspecified atom stereocenters. The second-order valence-electron chi connectivity index (χ2n) is 4.51. The number of aromatic nitrogens is 2. The van der Waals surface area contributed by atoms with E-state index in [1.165, 1.54) is 15.7 Å². The third-order valence-corrected chi connectivity index (χ3v) is 3.32. The van der Waals surface area contributed by atoms with Gasteiger partial charge >= 0.3 is 5.69 Å². The second-order valence-corrected chi connectivity index (χ2v) is 4.51. The highest BCUT2D eigenvalue weighted by Crippen LogP contribution is 2.24. The lowest BCUT2D eigenvalue weighted by molar-refractivity contribution is -0.119.